The van der Waals surface area contributed by atoms with Crippen molar-refractivity contribution in [1.29, 1.82) is 0 Å². The van der Waals surface area contributed by atoms with Crippen molar-refractivity contribution < 1.29 is 8.42 Å². The Morgan fingerprint density at radius 2 is 1.73 bits per heavy atom. The number of H-pyrrole nitrogens is 1. The van der Waals surface area contributed by atoms with Gasteiger partial charge in [-0.05, 0) is 48.9 Å². The van der Waals surface area contributed by atoms with Gasteiger partial charge in [-0.2, -0.15) is 0 Å². The third-order valence-corrected chi connectivity index (χ3v) is 7.83. The topological polar surface area (TPSA) is 75.7 Å². The van der Waals surface area contributed by atoms with Gasteiger partial charge >= 0.3 is 0 Å². The number of pyridine rings is 1. The highest BCUT2D eigenvalue weighted by molar-refractivity contribution is 7.92. The average molecular weight is 432 g/mol. The summed E-state index contributed by atoms with van der Waals surface area (Å²) in [4.78, 5) is 13.4. The molecule has 3 heterocycles. The van der Waals surface area contributed by atoms with E-state index >= 15 is 0 Å². The molecule has 2 aromatic carbocycles. The van der Waals surface area contributed by atoms with Gasteiger partial charge in [0.05, 0.1) is 15.5 Å². The first-order valence-corrected chi connectivity index (χ1v) is 11.6. The molecule has 148 valence electrons. The highest BCUT2D eigenvalue weighted by atomic mass is 32.2. The first kappa shape index (κ1) is 18.7. The molecule has 0 saturated heterocycles. The van der Waals surface area contributed by atoms with E-state index in [4.69, 9.17) is 0 Å². The predicted molar refractivity (Wildman–Crippen MR) is 119 cm³/mol. The molecule has 5 rings (SSSR count). The lowest BCUT2D eigenvalue weighted by Crippen LogP contribution is -2.03. The lowest BCUT2D eigenvalue weighted by atomic mass is 10.2. The molecule has 0 aliphatic carbocycles. The molecular formula is C23H17N3O2S2. The Morgan fingerprint density at radius 3 is 2.50 bits per heavy atom. The van der Waals surface area contributed by atoms with Gasteiger partial charge in [-0.15, -0.1) is 11.3 Å². The van der Waals surface area contributed by atoms with E-state index in [9.17, 15) is 8.42 Å². The number of benzene rings is 2. The molecule has 0 amide bonds. The predicted octanol–water partition coefficient (Wildman–Crippen LogP) is 5.49. The van der Waals surface area contributed by atoms with Gasteiger partial charge in [-0.1, -0.05) is 29.8 Å². The van der Waals surface area contributed by atoms with Gasteiger partial charge in [0.1, 0.15) is 9.90 Å². The van der Waals surface area contributed by atoms with Crippen LogP contribution in [0.25, 0.3) is 32.0 Å². The van der Waals surface area contributed by atoms with Crippen LogP contribution >= 0.6 is 11.3 Å². The third-order valence-electron chi connectivity index (χ3n) is 4.91. The van der Waals surface area contributed by atoms with Gasteiger partial charge in [0.2, 0.25) is 9.84 Å². The number of hydrogen-bond acceptors (Lipinski definition) is 5. The van der Waals surface area contributed by atoms with Crippen molar-refractivity contribution in [3.05, 3.63) is 84.8 Å². The zero-order chi connectivity index (χ0) is 20.7. The second-order valence-corrected chi connectivity index (χ2v) is 9.88. The van der Waals surface area contributed by atoms with E-state index in [0.29, 0.717) is 16.1 Å². The average Bonchev–Trinajstić information content (AvgIpc) is 3.40. The van der Waals surface area contributed by atoms with Gasteiger partial charge in [0, 0.05) is 29.5 Å². The van der Waals surface area contributed by atoms with Gasteiger partial charge in [0.25, 0.3) is 0 Å². The summed E-state index contributed by atoms with van der Waals surface area (Å²) in [6, 6.07) is 18.1. The van der Waals surface area contributed by atoms with Crippen LogP contribution in [0.2, 0.25) is 0 Å². The molecule has 0 spiro atoms. The monoisotopic (exact) mass is 431 g/mol. The zero-order valence-corrected chi connectivity index (χ0v) is 17.7. The van der Waals surface area contributed by atoms with Crippen LogP contribution in [0.5, 0.6) is 0 Å². The van der Waals surface area contributed by atoms with Gasteiger partial charge in [-0.25, -0.2) is 13.4 Å². The molecule has 0 aliphatic rings. The normalized spacial score (nSPS) is 11.8. The van der Waals surface area contributed by atoms with Crippen LogP contribution in [-0.4, -0.2) is 23.4 Å². The maximum Gasteiger partial charge on any atom is 0.209 e. The highest BCUT2D eigenvalue weighted by Crippen LogP contribution is 2.40. The fraction of sp³-hybridized carbons (Fsp3) is 0.0435. The number of rotatable bonds is 4. The maximum atomic E-state index is 13.6. The van der Waals surface area contributed by atoms with Crippen molar-refractivity contribution in [2.24, 2.45) is 0 Å². The lowest BCUT2D eigenvalue weighted by Gasteiger charge is -2.06. The SMILES string of the molecule is Cc1ccc2[nH]c(-c3ncc(-c4ccncc4)s3)c(S(=O)(=O)c3ccccc3)c2c1. The van der Waals surface area contributed by atoms with Gasteiger partial charge in [0.15, 0.2) is 0 Å². The van der Waals surface area contributed by atoms with Crippen LogP contribution < -0.4 is 0 Å². The summed E-state index contributed by atoms with van der Waals surface area (Å²) in [7, 11) is -3.75. The van der Waals surface area contributed by atoms with Crippen molar-refractivity contribution in [1.82, 2.24) is 15.0 Å². The minimum atomic E-state index is -3.75. The minimum absolute atomic E-state index is 0.263. The summed E-state index contributed by atoms with van der Waals surface area (Å²) >= 11 is 1.45. The molecule has 1 N–H and O–H groups in total. The molecule has 0 saturated carbocycles. The standard InChI is InChI=1S/C23H17N3O2S2/c1-15-7-8-19-18(13-15)22(30(27,28)17-5-3-2-4-6-17)21(26-19)23-25-14-20(29-23)16-9-11-24-12-10-16/h2-14,26H,1H3. The van der Waals surface area contributed by atoms with Crippen LogP contribution in [0, 0.1) is 6.92 Å². The molecule has 0 bridgehead atoms. The van der Waals surface area contributed by atoms with E-state index in [0.717, 1.165) is 21.5 Å². The lowest BCUT2D eigenvalue weighted by molar-refractivity contribution is 0.597. The van der Waals surface area contributed by atoms with E-state index in [-0.39, 0.29) is 9.79 Å². The zero-order valence-electron chi connectivity index (χ0n) is 16.0. The summed E-state index contributed by atoms with van der Waals surface area (Å²) < 4.78 is 27.3. The number of thiazole rings is 1. The Kier molecular flexibility index (Phi) is 4.49. The number of hydrogen-bond donors (Lipinski definition) is 1. The number of fused-ring (bicyclic) bond motifs is 1. The van der Waals surface area contributed by atoms with Crippen molar-refractivity contribution >= 4 is 32.1 Å². The molecule has 5 aromatic rings. The second-order valence-electron chi connectivity index (χ2n) is 6.96. The number of aromatic amines is 1. The third kappa shape index (κ3) is 3.12. The molecule has 7 heteroatoms. The fourth-order valence-corrected chi connectivity index (χ4v) is 6.09. The quantitative estimate of drug-likeness (QED) is 0.408. The molecule has 30 heavy (non-hydrogen) atoms. The van der Waals surface area contributed by atoms with E-state index < -0.39 is 9.84 Å². The first-order valence-electron chi connectivity index (χ1n) is 9.33. The number of aromatic nitrogens is 3. The molecule has 0 unspecified atom stereocenters. The number of aryl methyl sites for hydroxylation is 1. The fourth-order valence-electron chi connectivity index (χ4n) is 3.47. The molecule has 0 radical (unpaired) electrons. The van der Waals surface area contributed by atoms with Crippen LogP contribution in [0.4, 0.5) is 0 Å². The number of nitrogens with one attached hydrogen (secondary N) is 1. The van der Waals surface area contributed by atoms with E-state index in [1.165, 1.54) is 11.3 Å². The van der Waals surface area contributed by atoms with Crippen molar-refractivity contribution in [3.8, 4) is 21.1 Å². The molecule has 0 atom stereocenters. The summed E-state index contributed by atoms with van der Waals surface area (Å²) in [5.74, 6) is 0. The molecule has 5 nitrogen and oxygen atoms in total. The van der Waals surface area contributed by atoms with Crippen LogP contribution in [0.15, 0.2) is 89.0 Å². The summed E-state index contributed by atoms with van der Waals surface area (Å²) in [6.45, 7) is 1.95. The molecular weight excluding hydrogens is 414 g/mol. The minimum Gasteiger partial charge on any atom is -0.351 e. The van der Waals surface area contributed by atoms with Crippen LogP contribution in [-0.2, 0) is 9.84 Å². The largest absolute Gasteiger partial charge is 0.351 e. The summed E-state index contributed by atoms with van der Waals surface area (Å²) in [5, 5.41) is 1.31. The Hall–Kier alpha value is -3.29. The first-order chi connectivity index (χ1) is 14.5. The Bertz CT molecular complexity index is 1450. The van der Waals surface area contributed by atoms with Gasteiger partial charge < -0.3 is 4.98 Å². The highest BCUT2D eigenvalue weighted by Gasteiger charge is 2.28. The molecule has 0 aliphatic heterocycles. The van der Waals surface area contributed by atoms with Crippen molar-refractivity contribution in [3.63, 3.8) is 0 Å². The number of nitrogens with zero attached hydrogens (tertiary/aromatic N) is 2. The van der Waals surface area contributed by atoms with E-state index in [1.807, 2.05) is 37.3 Å². The van der Waals surface area contributed by atoms with Crippen molar-refractivity contribution in [2.75, 3.05) is 0 Å². The Morgan fingerprint density at radius 1 is 0.967 bits per heavy atom. The summed E-state index contributed by atoms with van der Waals surface area (Å²) in [6.07, 6.45) is 5.22. The Balaban J connectivity index is 1.76. The van der Waals surface area contributed by atoms with Crippen LogP contribution in [0.3, 0.4) is 0 Å². The number of sulfone groups is 1. The van der Waals surface area contributed by atoms with E-state index in [2.05, 4.69) is 15.0 Å². The van der Waals surface area contributed by atoms with Crippen LogP contribution in [0.1, 0.15) is 5.56 Å². The van der Waals surface area contributed by atoms with Gasteiger partial charge in [-0.3, -0.25) is 4.98 Å². The smallest absolute Gasteiger partial charge is 0.209 e. The second kappa shape index (κ2) is 7.19. The molecule has 3 aromatic heterocycles. The van der Waals surface area contributed by atoms with Crippen molar-refractivity contribution in [2.45, 2.75) is 16.7 Å². The molecule has 0 fully saturated rings. The summed E-state index contributed by atoms with van der Waals surface area (Å²) in [5.41, 5.74) is 3.28. The van der Waals surface area contributed by atoms with E-state index in [1.54, 1.807) is 48.9 Å². The maximum absolute atomic E-state index is 13.6. The Labute approximate surface area is 178 Å².